The van der Waals surface area contributed by atoms with Gasteiger partial charge in [-0.15, -0.1) is 0 Å². The fraction of sp³-hybridized carbons (Fsp3) is 1.00. The van der Waals surface area contributed by atoms with E-state index in [1.54, 1.807) is 0 Å². The molecule has 0 spiro atoms. The molecule has 3 nitrogen and oxygen atoms in total. The minimum absolute atomic E-state index is 0.356. The van der Waals surface area contributed by atoms with E-state index in [2.05, 4.69) is 10.2 Å². The molecule has 0 aromatic heterocycles. The topological polar surface area (TPSA) is 45.0 Å². The third-order valence-electron chi connectivity index (χ3n) is 3.12. The van der Waals surface area contributed by atoms with Gasteiger partial charge in [-0.25, -0.2) is 0 Å². The highest BCUT2D eigenvalue weighted by Gasteiger charge is 2.48. The van der Waals surface area contributed by atoms with Crippen LogP contribution < -0.4 is 0 Å². The predicted molar refractivity (Wildman–Crippen MR) is 48.3 cm³/mol. The van der Waals surface area contributed by atoms with Gasteiger partial charge in [0, 0.05) is 0 Å². The second-order valence-corrected chi connectivity index (χ2v) is 4.02. The molecule has 1 heterocycles. The Labute approximate surface area is 73.9 Å². The van der Waals surface area contributed by atoms with Crippen molar-refractivity contribution >= 4 is 0 Å². The summed E-state index contributed by atoms with van der Waals surface area (Å²) in [5.41, 5.74) is -0.713. The van der Waals surface area contributed by atoms with E-state index < -0.39 is 6.10 Å². The molecule has 70 valence electrons. The Hall–Kier alpha value is -0.440. The molecule has 2 atom stereocenters. The zero-order chi connectivity index (χ0) is 9.41. The Morgan fingerprint density at radius 3 is 1.58 bits per heavy atom. The Bertz CT molecular complexity index is 185. The van der Waals surface area contributed by atoms with Crippen molar-refractivity contribution in [2.45, 2.75) is 57.7 Å². The smallest absolute Gasteiger partial charge is 0.107 e. The number of aliphatic hydroxyl groups is 1. The summed E-state index contributed by atoms with van der Waals surface area (Å²) in [5, 5.41) is 18.3. The standard InChI is InChI=1S/C9H18N2O/c1-5-8(3)7(12)9(4,6-2)11-10-8/h7,12H,5-6H2,1-4H3. The van der Waals surface area contributed by atoms with Crippen LogP contribution in [0.1, 0.15) is 40.5 Å². The maximum atomic E-state index is 9.98. The number of aliphatic hydroxyl groups excluding tert-OH is 1. The SMILES string of the molecule is CCC1(C)N=NC(C)(CC)C1O. The van der Waals surface area contributed by atoms with Crippen molar-refractivity contribution in [2.24, 2.45) is 10.2 Å². The molecule has 0 fully saturated rings. The van der Waals surface area contributed by atoms with E-state index in [0.29, 0.717) is 0 Å². The van der Waals surface area contributed by atoms with Gasteiger partial charge < -0.3 is 5.11 Å². The van der Waals surface area contributed by atoms with Crippen LogP contribution in [0.15, 0.2) is 10.2 Å². The second-order valence-electron chi connectivity index (χ2n) is 4.02. The molecule has 1 aliphatic heterocycles. The average Bonchev–Trinajstić information content (AvgIpc) is 2.32. The molecule has 0 bridgehead atoms. The van der Waals surface area contributed by atoms with Gasteiger partial charge in [-0.05, 0) is 26.7 Å². The number of nitrogens with zero attached hydrogens (tertiary/aromatic N) is 2. The molecule has 0 saturated heterocycles. The molecule has 0 aliphatic carbocycles. The maximum Gasteiger partial charge on any atom is 0.107 e. The summed E-state index contributed by atoms with van der Waals surface area (Å²) in [7, 11) is 0. The lowest BCUT2D eigenvalue weighted by atomic mass is 9.81. The van der Waals surface area contributed by atoms with Crippen LogP contribution in [-0.2, 0) is 0 Å². The van der Waals surface area contributed by atoms with E-state index in [4.69, 9.17) is 0 Å². The van der Waals surface area contributed by atoms with E-state index >= 15 is 0 Å². The molecule has 3 heteroatoms. The Kier molecular flexibility index (Phi) is 2.25. The molecular weight excluding hydrogens is 152 g/mol. The molecule has 0 saturated carbocycles. The molecule has 0 aromatic carbocycles. The maximum absolute atomic E-state index is 9.98. The molecule has 0 amide bonds. The van der Waals surface area contributed by atoms with Crippen molar-refractivity contribution in [3.63, 3.8) is 0 Å². The molecule has 0 aromatic rings. The fourth-order valence-corrected chi connectivity index (χ4v) is 1.54. The Balaban J connectivity index is 2.88. The lowest BCUT2D eigenvalue weighted by Crippen LogP contribution is -2.46. The van der Waals surface area contributed by atoms with Gasteiger partial charge in [0.2, 0.25) is 0 Å². The van der Waals surface area contributed by atoms with Crippen molar-refractivity contribution in [2.75, 3.05) is 0 Å². The summed E-state index contributed by atoms with van der Waals surface area (Å²) in [6, 6.07) is 0. The zero-order valence-corrected chi connectivity index (χ0v) is 8.33. The number of hydrogen-bond donors (Lipinski definition) is 1. The summed E-state index contributed by atoms with van der Waals surface area (Å²) in [4.78, 5) is 0. The fourth-order valence-electron chi connectivity index (χ4n) is 1.54. The van der Waals surface area contributed by atoms with Crippen molar-refractivity contribution in [3.05, 3.63) is 0 Å². The van der Waals surface area contributed by atoms with E-state index in [-0.39, 0.29) is 11.1 Å². The first-order chi connectivity index (χ1) is 5.48. The summed E-state index contributed by atoms with van der Waals surface area (Å²) >= 11 is 0. The molecule has 0 radical (unpaired) electrons. The van der Waals surface area contributed by atoms with Crippen LogP contribution in [0.2, 0.25) is 0 Å². The Morgan fingerprint density at radius 1 is 1.08 bits per heavy atom. The summed E-state index contributed by atoms with van der Waals surface area (Å²) in [6.45, 7) is 7.98. The molecular formula is C9H18N2O. The van der Waals surface area contributed by atoms with Gasteiger partial charge >= 0.3 is 0 Å². The summed E-state index contributed by atoms with van der Waals surface area (Å²) in [5.74, 6) is 0. The van der Waals surface area contributed by atoms with Crippen LogP contribution in [0.3, 0.4) is 0 Å². The third kappa shape index (κ3) is 1.16. The van der Waals surface area contributed by atoms with Crippen LogP contribution in [0, 0.1) is 0 Å². The van der Waals surface area contributed by atoms with Crippen LogP contribution in [0.25, 0.3) is 0 Å². The van der Waals surface area contributed by atoms with Crippen LogP contribution in [0.4, 0.5) is 0 Å². The number of azo groups is 1. The van der Waals surface area contributed by atoms with Crippen molar-refractivity contribution in [3.8, 4) is 0 Å². The molecule has 1 N–H and O–H groups in total. The van der Waals surface area contributed by atoms with E-state index in [1.165, 1.54) is 0 Å². The van der Waals surface area contributed by atoms with E-state index in [9.17, 15) is 5.11 Å². The van der Waals surface area contributed by atoms with E-state index in [0.717, 1.165) is 12.8 Å². The first-order valence-electron chi connectivity index (χ1n) is 4.60. The van der Waals surface area contributed by atoms with Gasteiger partial charge in [-0.2, -0.15) is 10.2 Å². The van der Waals surface area contributed by atoms with Gasteiger partial charge in [0.05, 0.1) is 0 Å². The molecule has 12 heavy (non-hydrogen) atoms. The van der Waals surface area contributed by atoms with Gasteiger partial charge in [-0.1, -0.05) is 13.8 Å². The van der Waals surface area contributed by atoms with E-state index in [1.807, 2.05) is 27.7 Å². The van der Waals surface area contributed by atoms with Crippen LogP contribution >= 0.6 is 0 Å². The zero-order valence-electron chi connectivity index (χ0n) is 8.33. The van der Waals surface area contributed by atoms with Gasteiger partial charge in [0.15, 0.2) is 0 Å². The normalized spacial score (nSPS) is 46.9. The van der Waals surface area contributed by atoms with Gasteiger partial charge in [-0.3, -0.25) is 0 Å². The predicted octanol–water partition coefficient (Wildman–Crippen LogP) is 2.15. The van der Waals surface area contributed by atoms with Crippen molar-refractivity contribution < 1.29 is 5.11 Å². The minimum atomic E-state index is -0.431. The first kappa shape index (κ1) is 9.65. The molecule has 1 aliphatic rings. The highest BCUT2D eigenvalue weighted by molar-refractivity contribution is 5.07. The van der Waals surface area contributed by atoms with Crippen molar-refractivity contribution in [1.29, 1.82) is 0 Å². The summed E-state index contributed by atoms with van der Waals surface area (Å²) in [6.07, 6.45) is 1.25. The molecule has 2 unspecified atom stereocenters. The number of rotatable bonds is 2. The monoisotopic (exact) mass is 170 g/mol. The quantitative estimate of drug-likeness (QED) is 0.678. The molecule has 1 rings (SSSR count). The highest BCUT2D eigenvalue weighted by Crippen LogP contribution is 2.39. The lowest BCUT2D eigenvalue weighted by Gasteiger charge is -2.30. The highest BCUT2D eigenvalue weighted by atomic mass is 16.3. The van der Waals surface area contributed by atoms with Crippen LogP contribution in [-0.4, -0.2) is 22.3 Å². The third-order valence-corrected chi connectivity index (χ3v) is 3.12. The second kappa shape index (κ2) is 2.80. The summed E-state index contributed by atoms with van der Waals surface area (Å²) < 4.78 is 0. The first-order valence-corrected chi connectivity index (χ1v) is 4.60. The van der Waals surface area contributed by atoms with Crippen molar-refractivity contribution in [1.82, 2.24) is 0 Å². The Morgan fingerprint density at radius 2 is 1.42 bits per heavy atom. The lowest BCUT2D eigenvalue weighted by molar-refractivity contribution is 0.0555. The largest absolute Gasteiger partial charge is 0.388 e. The minimum Gasteiger partial charge on any atom is -0.388 e. The van der Waals surface area contributed by atoms with Gasteiger partial charge in [0.25, 0.3) is 0 Å². The average molecular weight is 170 g/mol. The van der Waals surface area contributed by atoms with Gasteiger partial charge in [0.1, 0.15) is 17.2 Å². The van der Waals surface area contributed by atoms with Crippen LogP contribution in [0.5, 0.6) is 0 Å². The number of hydrogen-bond acceptors (Lipinski definition) is 3.